The second kappa shape index (κ2) is 7.08. The highest BCUT2D eigenvalue weighted by atomic mass is 32.2. The van der Waals surface area contributed by atoms with E-state index in [-0.39, 0.29) is 29.4 Å². The molecule has 0 atom stereocenters. The van der Waals surface area contributed by atoms with Gasteiger partial charge in [-0.2, -0.15) is 21.6 Å². The van der Waals surface area contributed by atoms with Crippen LogP contribution in [0.2, 0.25) is 0 Å². The Balaban J connectivity index is 1.94. The number of hydrogen-bond acceptors (Lipinski definition) is 4. The number of halogens is 6. The molecular formula is C17H13F6NO4S. The predicted molar refractivity (Wildman–Crippen MR) is 89.6 cm³/mol. The first-order valence-corrected chi connectivity index (χ1v) is 9.62. The van der Waals surface area contributed by atoms with E-state index in [1.807, 2.05) is 0 Å². The Hall–Kier alpha value is -2.50. The zero-order valence-electron chi connectivity index (χ0n) is 14.5. The topological polar surface area (TPSA) is 63.7 Å². The van der Waals surface area contributed by atoms with Crippen LogP contribution in [0, 0.1) is 5.82 Å². The van der Waals surface area contributed by atoms with Crippen LogP contribution in [0.4, 0.5) is 26.3 Å². The number of piperidine rings is 1. The average molecular weight is 441 g/mol. The summed E-state index contributed by atoms with van der Waals surface area (Å²) in [4.78, 5) is 13.7. The standard InChI is InChI=1S/C17H13F6NO4S/c18-13-4-2-10-9-11(15(25)24-7-5-16(19,20)6-8-24)1-3-12(10)14(13)28-29(26,27)17(21,22)23/h1-4,9H,5-8H2. The van der Waals surface area contributed by atoms with Crippen LogP contribution in [0.25, 0.3) is 10.8 Å². The van der Waals surface area contributed by atoms with Crippen LogP contribution >= 0.6 is 0 Å². The van der Waals surface area contributed by atoms with E-state index in [1.165, 1.54) is 11.0 Å². The summed E-state index contributed by atoms with van der Waals surface area (Å²) in [6, 6.07) is 5.17. The molecule has 0 aromatic heterocycles. The van der Waals surface area contributed by atoms with Gasteiger partial charge in [0, 0.05) is 36.9 Å². The summed E-state index contributed by atoms with van der Waals surface area (Å²) in [5.41, 5.74) is -5.73. The maximum absolute atomic E-state index is 14.0. The molecule has 0 spiro atoms. The first kappa shape index (κ1) is 21.2. The van der Waals surface area contributed by atoms with Crippen molar-refractivity contribution in [3.05, 3.63) is 41.7 Å². The molecule has 0 N–H and O–H groups in total. The summed E-state index contributed by atoms with van der Waals surface area (Å²) in [6.45, 7) is -0.350. The number of carbonyl (C=O) groups excluding carboxylic acids is 1. The monoisotopic (exact) mass is 441 g/mol. The van der Waals surface area contributed by atoms with E-state index in [1.54, 1.807) is 0 Å². The predicted octanol–water partition coefficient (Wildman–Crippen LogP) is 4.08. The molecule has 2 aromatic rings. The molecule has 0 saturated carbocycles. The molecule has 3 rings (SSSR count). The van der Waals surface area contributed by atoms with Crippen LogP contribution in [0.3, 0.4) is 0 Å². The third-order valence-electron chi connectivity index (χ3n) is 4.43. The molecule has 0 unspecified atom stereocenters. The van der Waals surface area contributed by atoms with E-state index in [0.717, 1.165) is 18.2 Å². The van der Waals surface area contributed by atoms with Gasteiger partial charge in [-0.3, -0.25) is 4.79 Å². The van der Waals surface area contributed by atoms with E-state index >= 15 is 0 Å². The van der Waals surface area contributed by atoms with E-state index in [4.69, 9.17) is 0 Å². The van der Waals surface area contributed by atoms with Crippen LogP contribution in [-0.2, 0) is 10.1 Å². The summed E-state index contributed by atoms with van der Waals surface area (Å²) in [5.74, 6) is -5.94. The van der Waals surface area contributed by atoms with Crippen molar-refractivity contribution in [2.45, 2.75) is 24.3 Å². The molecule has 0 aliphatic carbocycles. The Morgan fingerprint density at radius 1 is 1.07 bits per heavy atom. The van der Waals surface area contributed by atoms with Gasteiger partial charge in [0.15, 0.2) is 11.6 Å². The molecule has 1 fully saturated rings. The summed E-state index contributed by atoms with van der Waals surface area (Å²) in [6.07, 6.45) is -0.990. The minimum absolute atomic E-state index is 0.0268. The fraction of sp³-hybridized carbons (Fsp3) is 0.353. The van der Waals surface area contributed by atoms with Crippen LogP contribution in [0.5, 0.6) is 5.75 Å². The number of rotatable bonds is 3. The number of carbonyl (C=O) groups is 1. The minimum Gasteiger partial charge on any atom is -0.372 e. The smallest absolute Gasteiger partial charge is 0.372 e. The molecule has 5 nitrogen and oxygen atoms in total. The molecule has 2 aromatic carbocycles. The molecule has 1 amide bonds. The van der Waals surface area contributed by atoms with Crippen molar-refractivity contribution in [3.8, 4) is 5.75 Å². The summed E-state index contributed by atoms with van der Waals surface area (Å²) in [7, 11) is -6.11. The van der Waals surface area contributed by atoms with Crippen molar-refractivity contribution in [1.82, 2.24) is 4.90 Å². The van der Waals surface area contributed by atoms with Gasteiger partial charge in [0.25, 0.3) is 11.8 Å². The fourth-order valence-corrected chi connectivity index (χ4v) is 3.35. The van der Waals surface area contributed by atoms with Crippen molar-refractivity contribution in [3.63, 3.8) is 0 Å². The summed E-state index contributed by atoms with van der Waals surface area (Å²) >= 11 is 0. The van der Waals surface area contributed by atoms with E-state index in [2.05, 4.69) is 4.18 Å². The van der Waals surface area contributed by atoms with Crippen LogP contribution < -0.4 is 4.18 Å². The Labute approximate surface area is 161 Å². The van der Waals surface area contributed by atoms with E-state index in [0.29, 0.717) is 6.07 Å². The average Bonchev–Trinajstić information content (AvgIpc) is 2.62. The fourth-order valence-electron chi connectivity index (χ4n) is 2.87. The number of benzene rings is 2. The maximum Gasteiger partial charge on any atom is 0.534 e. The molecule has 0 bridgehead atoms. The zero-order valence-corrected chi connectivity index (χ0v) is 15.3. The van der Waals surface area contributed by atoms with Crippen molar-refractivity contribution < 1.29 is 43.7 Å². The molecule has 158 valence electrons. The minimum atomic E-state index is -6.11. The first-order chi connectivity index (χ1) is 13.3. The lowest BCUT2D eigenvalue weighted by molar-refractivity contribution is -0.0504. The number of alkyl halides is 5. The van der Waals surface area contributed by atoms with Gasteiger partial charge < -0.3 is 9.08 Å². The van der Waals surface area contributed by atoms with Gasteiger partial charge >= 0.3 is 15.6 Å². The normalized spacial score (nSPS) is 17.4. The number of nitrogens with zero attached hydrogens (tertiary/aromatic N) is 1. The SMILES string of the molecule is O=C(c1ccc2c(OS(=O)(=O)C(F)(F)F)c(F)ccc2c1)N1CCC(F)(F)CC1. The lowest BCUT2D eigenvalue weighted by Crippen LogP contribution is -2.42. The maximum atomic E-state index is 14.0. The number of amides is 1. The second-order valence-corrected chi connectivity index (χ2v) is 7.98. The molecule has 1 aliphatic rings. The van der Waals surface area contributed by atoms with Crippen molar-refractivity contribution in [2.75, 3.05) is 13.1 Å². The highest BCUT2D eigenvalue weighted by Gasteiger charge is 2.49. The zero-order chi connectivity index (χ0) is 21.6. The van der Waals surface area contributed by atoms with Crippen molar-refractivity contribution >= 4 is 26.8 Å². The lowest BCUT2D eigenvalue weighted by Gasteiger charge is -2.31. The number of likely N-dealkylation sites (tertiary alicyclic amines) is 1. The summed E-state index contributed by atoms with van der Waals surface area (Å²) < 4.78 is 104. The highest BCUT2D eigenvalue weighted by molar-refractivity contribution is 7.88. The van der Waals surface area contributed by atoms with Crippen molar-refractivity contribution in [1.29, 1.82) is 0 Å². The molecular weight excluding hydrogens is 428 g/mol. The van der Waals surface area contributed by atoms with Crippen LogP contribution in [0.15, 0.2) is 30.3 Å². The Morgan fingerprint density at radius 2 is 1.69 bits per heavy atom. The van der Waals surface area contributed by atoms with Gasteiger partial charge in [-0.15, -0.1) is 0 Å². The van der Waals surface area contributed by atoms with E-state index in [9.17, 15) is 39.6 Å². The van der Waals surface area contributed by atoms with Gasteiger partial charge in [-0.05, 0) is 29.7 Å². The van der Waals surface area contributed by atoms with Crippen LogP contribution in [0.1, 0.15) is 23.2 Å². The van der Waals surface area contributed by atoms with Gasteiger partial charge in [0.1, 0.15) is 0 Å². The van der Waals surface area contributed by atoms with Gasteiger partial charge in [0.05, 0.1) is 0 Å². The molecule has 12 heteroatoms. The molecule has 1 aliphatic heterocycles. The third kappa shape index (κ3) is 4.26. The number of fused-ring (bicyclic) bond motifs is 1. The Kier molecular flexibility index (Phi) is 5.18. The Bertz CT molecular complexity index is 1060. The second-order valence-electron chi connectivity index (χ2n) is 6.44. The van der Waals surface area contributed by atoms with E-state index < -0.39 is 51.9 Å². The quantitative estimate of drug-likeness (QED) is 0.409. The lowest BCUT2D eigenvalue weighted by atomic mass is 10.0. The highest BCUT2D eigenvalue weighted by Crippen LogP contribution is 2.35. The van der Waals surface area contributed by atoms with Gasteiger partial charge in [0.2, 0.25) is 0 Å². The molecule has 1 saturated heterocycles. The van der Waals surface area contributed by atoms with Crippen LogP contribution in [-0.4, -0.2) is 43.7 Å². The summed E-state index contributed by atoms with van der Waals surface area (Å²) in [5, 5.41) is -0.272. The largest absolute Gasteiger partial charge is 0.534 e. The molecule has 29 heavy (non-hydrogen) atoms. The van der Waals surface area contributed by atoms with Gasteiger partial charge in [-0.25, -0.2) is 13.2 Å². The molecule has 1 heterocycles. The third-order valence-corrected chi connectivity index (χ3v) is 5.38. The number of hydrogen-bond donors (Lipinski definition) is 0. The van der Waals surface area contributed by atoms with Gasteiger partial charge in [-0.1, -0.05) is 6.07 Å². The molecule has 0 radical (unpaired) electrons. The first-order valence-electron chi connectivity index (χ1n) is 8.21. The van der Waals surface area contributed by atoms with Crippen molar-refractivity contribution in [2.24, 2.45) is 0 Å². The Morgan fingerprint density at radius 3 is 2.28 bits per heavy atom.